The Balaban J connectivity index is 1.12. The van der Waals surface area contributed by atoms with Crippen molar-refractivity contribution in [2.75, 3.05) is 13.2 Å². The van der Waals surface area contributed by atoms with E-state index in [2.05, 4.69) is 15.4 Å². The number of benzene rings is 3. The Morgan fingerprint density at radius 3 is 2.31 bits per heavy atom. The maximum Gasteiger partial charge on any atom is 0.422 e. The summed E-state index contributed by atoms with van der Waals surface area (Å²) in [6, 6.07) is 19.6. The van der Waals surface area contributed by atoms with E-state index in [1.54, 1.807) is 51.1 Å². The number of aliphatic hydroxyl groups is 1. The summed E-state index contributed by atoms with van der Waals surface area (Å²) in [6.07, 6.45) is -2.49. The Kier molecular flexibility index (Phi) is 13.8. The number of carbonyl (C=O) groups is 5. The molecule has 4 atom stereocenters. The lowest BCUT2D eigenvalue weighted by Gasteiger charge is -2.30. The van der Waals surface area contributed by atoms with Gasteiger partial charge in [-0.15, -0.1) is 0 Å². The third-order valence-electron chi connectivity index (χ3n) is 9.99. The maximum absolute atomic E-state index is 13.8. The van der Waals surface area contributed by atoms with Gasteiger partial charge in [-0.25, -0.2) is 9.59 Å². The summed E-state index contributed by atoms with van der Waals surface area (Å²) in [4.78, 5) is 64.5. The van der Waals surface area contributed by atoms with Crippen LogP contribution in [0.15, 0.2) is 90.5 Å². The minimum absolute atomic E-state index is 0.00162. The number of halogens is 3. The fourth-order valence-electron chi connectivity index (χ4n) is 7.28. The van der Waals surface area contributed by atoms with Crippen LogP contribution in [0.4, 0.5) is 13.2 Å². The lowest BCUT2D eigenvalue weighted by atomic mass is 9.91. The molecule has 4 unspecified atom stereocenters. The predicted molar refractivity (Wildman–Crippen MR) is 212 cm³/mol. The van der Waals surface area contributed by atoms with E-state index in [0.29, 0.717) is 24.0 Å². The lowest BCUT2D eigenvalue weighted by Crippen LogP contribution is -2.43. The number of rotatable bonds is 14. The number of carbonyl (C=O) groups excluding carboxylic acids is 5. The highest BCUT2D eigenvalue weighted by atomic mass is 19.4. The Morgan fingerprint density at radius 2 is 1.62 bits per heavy atom. The fraction of sp³-hybridized carbons (Fsp3) is 0.400. The molecular formula is C45H47F3N2O11. The molecule has 2 amide bonds. The van der Waals surface area contributed by atoms with Crippen LogP contribution in [0.25, 0.3) is 6.08 Å². The summed E-state index contributed by atoms with van der Waals surface area (Å²) in [5.74, 6) is -4.44. The van der Waals surface area contributed by atoms with Gasteiger partial charge in [0, 0.05) is 49.4 Å². The molecule has 1 aliphatic heterocycles. The predicted octanol–water partition coefficient (Wildman–Crippen LogP) is 5.47. The summed E-state index contributed by atoms with van der Waals surface area (Å²) in [5.41, 5.74) is 2.96. The molecule has 1 fully saturated rings. The van der Waals surface area contributed by atoms with Gasteiger partial charge >= 0.3 is 24.1 Å². The summed E-state index contributed by atoms with van der Waals surface area (Å²) >= 11 is 0. The molecule has 0 radical (unpaired) electrons. The Labute approximate surface area is 350 Å². The molecule has 3 aromatic rings. The van der Waals surface area contributed by atoms with Crippen molar-refractivity contribution in [2.24, 2.45) is 0 Å². The van der Waals surface area contributed by atoms with Crippen molar-refractivity contribution >= 4 is 35.8 Å². The average molecular weight is 849 g/mol. The van der Waals surface area contributed by atoms with Gasteiger partial charge in [0.05, 0.1) is 18.2 Å². The fourth-order valence-corrected chi connectivity index (χ4v) is 7.28. The second-order valence-corrected chi connectivity index (χ2v) is 16.1. The van der Waals surface area contributed by atoms with Crippen molar-refractivity contribution < 1.29 is 65.9 Å². The van der Waals surface area contributed by atoms with Crippen LogP contribution in [0, 0.1) is 0 Å². The Bertz CT molecular complexity index is 2170. The molecule has 1 heterocycles. The summed E-state index contributed by atoms with van der Waals surface area (Å²) in [7, 11) is 0. The minimum Gasteiger partial charge on any atom is -0.460 e. The first-order valence-electron chi connectivity index (χ1n) is 19.7. The summed E-state index contributed by atoms with van der Waals surface area (Å²) in [6.45, 7) is 3.14. The minimum atomic E-state index is -4.68. The molecule has 1 spiro atoms. The molecule has 61 heavy (non-hydrogen) atoms. The SMILES string of the molecule is CC(C)(C)OC(=O)CCC(CO)NC(=O)c1cccc(CNC(=O)C2=CC3OC4(Cc5ccccc5C4)OC3C(OC(=O)c3cccc(C=CC(=O)OCC(F)(F)F)c3)C2)c1. The van der Waals surface area contributed by atoms with Gasteiger partial charge in [-0.05, 0) is 85.9 Å². The first-order chi connectivity index (χ1) is 28.9. The van der Waals surface area contributed by atoms with Gasteiger partial charge in [-0.2, -0.15) is 13.2 Å². The van der Waals surface area contributed by atoms with Gasteiger partial charge in [-0.1, -0.05) is 48.5 Å². The number of alkyl halides is 3. The van der Waals surface area contributed by atoms with E-state index in [0.717, 1.165) is 17.2 Å². The van der Waals surface area contributed by atoms with Gasteiger partial charge < -0.3 is 39.4 Å². The molecule has 0 aromatic heterocycles. The van der Waals surface area contributed by atoms with Crippen LogP contribution in [0.2, 0.25) is 0 Å². The van der Waals surface area contributed by atoms with Crippen LogP contribution in [-0.2, 0) is 57.5 Å². The van der Waals surface area contributed by atoms with E-state index in [1.165, 1.54) is 30.3 Å². The topological polar surface area (TPSA) is 176 Å². The van der Waals surface area contributed by atoms with Gasteiger partial charge in [-0.3, -0.25) is 14.4 Å². The quantitative estimate of drug-likeness (QED) is 0.107. The monoisotopic (exact) mass is 848 g/mol. The van der Waals surface area contributed by atoms with E-state index < -0.39 is 78.2 Å². The molecule has 324 valence electrons. The van der Waals surface area contributed by atoms with Crippen molar-refractivity contribution in [3.05, 3.63) is 124 Å². The van der Waals surface area contributed by atoms with Crippen LogP contribution in [0.3, 0.4) is 0 Å². The molecule has 0 saturated carbocycles. The smallest absolute Gasteiger partial charge is 0.422 e. The number of amides is 2. The largest absolute Gasteiger partial charge is 0.460 e. The van der Waals surface area contributed by atoms with Crippen molar-refractivity contribution in [3.8, 4) is 0 Å². The van der Waals surface area contributed by atoms with Gasteiger partial charge in [0.2, 0.25) is 5.91 Å². The molecule has 0 bridgehead atoms. The number of hydrogen-bond donors (Lipinski definition) is 3. The second kappa shape index (κ2) is 18.8. The van der Waals surface area contributed by atoms with Gasteiger partial charge in [0.15, 0.2) is 12.4 Å². The highest BCUT2D eigenvalue weighted by Gasteiger charge is 2.55. The van der Waals surface area contributed by atoms with E-state index in [1.807, 2.05) is 24.3 Å². The Hall–Kier alpha value is -5.84. The molecule has 3 N–H and O–H groups in total. The van der Waals surface area contributed by atoms with Crippen LogP contribution >= 0.6 is 0 Å². The third-order valence-corrected chi connectivity index (χ3v) is 9.99. The molecule has 1 saturated heterocycles. The van der Waals surface area contributed by atoms with Crippen LogP contribution in [-0.4, -0.2) is 90.0 Å². The van der Waals surface area contributed by atoms with E-state index in [-0.39, 0.29) is 49.1 Å². The van der Waals surface area contributed by atoms with Gasteiger partial charge in [0.1, 0.15) is 23.9 Å². The van der Waals surface area contributed by atoms with E-state index in [4.69, 9.17) is 18.9 Å². The van der Waals surface area contributed by atoms with E-state index in [9.17, 15) is 42.3 Å². The van der Waals surface area contributed by atoms with E-state index >= 15 is 0 Å². The van der Waals surface area contributed by atoms with Crippen molar-refractivity contribution in [2.45, 2.75) is 101 Å². The first kappa shape index (κ1) is 44.7. The van der Waals surface area contributed by atoms with Crippen LogP contribution < -0.4 is 10.6 Å². The second-order valence-electron chi connectivity index (χ2n) is 16.1. The molecule has 2 aliphatic carbocycles. The highest BCUT2D eigenvalue weighted by Crippen LogP contribution is 2.45. The first-order valence-corrected chi connectivity index (χ1v) is 19.7. The molecule has 16 heteroatoms. The normalized spacial score (nSPS) is 19.7. The molecule has 3 aliphatic rings. The summed E-state index contributed by atoms with van der Waals surface area (Å²) < 4.78 is 65.9. The number of ether oxygens (including phenoxy) is 5. The molecule has 13 nitrogen and oxygen atoms in total. The summed E-state index contributed by atoms with van der Waals surface area (Å²) in [5, 5.41) is 15.5. The zero-order valence-electron chi connectivity index (χ0n) is 33.8. The molecular weight excluding hydrogens is 801 g/mol. The van der Waals surface area contributed by atoms with Crippen molar-refractivity contribution in [1.82, 2.24) is 10.6 Å². The van der Waals surface area contributed by atoms with Crippen molar-refractivity contribution in [1.29, 1.82) is 0 Å². The molecule has 3 aromatic carbocycles. The van der Waals surface area contributed by atoms with Crippen molar-refractivity contribution in [3.63, 3.8) is 0 Å². The maximum atomic E-state index is 13.8. The number of aliphatic hydroxyl groups excluding tert-OH is 1. The number of esters is 3. The third kappa shape index (κ3) is 12.4. The number of hydrogen-bond acceptors (Lipinski definition) is 11. The number of fused-ring (bicyclic) bond motifs is 2. The average Bonchev–Trinajstić information content (AvgIpc) is 3.76. The lowest BCUT2D eigenvalue weighted by molar-refractivity contribution is -0.182. The molecule has 6 rings (SSSR count). The van der Waals surface area contributed by atoms with Crippen LogP contribution in [0.1, 0.15) is 83.0 Å². The van der Waals surface area contributed by atoms with Crippen LogP contribution in [0.5, 0.6) is 0 Å². The zero-order valence-corrected chi connectivity index (χ0v) is 33.8. The van der Waals surface area contributed by atoms with Gasteiger partial charge in [0.25, 0.3) is 5.91 Å². The zero-order chi connectivity index (χ0) is 44.0. The standard InChI is InChI=1S/C45H47F3N2O11/c1-43(2,3)60-38(53)17-15-34(25-51)50-41(55)29-12-7-9-28(19-29)24-49-40(54)33-20-35(39-36(21-33)59-44(61-39)22-31-10-4-5-11-32(31)23-44)58-42(56)30-13-6-8-27(18-30)14-16-37(52)57-26-45(46,47)48/h4-14,16,18-19,21,34-36,39,51H,15,17,20,22-26H2,1-3H3,(H,49,54)(H,50,55). The highest BCUT2D eigenvalue weighted by molar-refractivity contribution is 5.96. The Morgan fingerprint density at radius 1 is 0.918 bits per heavy atom. The number of nitrogens with one attached hydrogen (secondary N) is 2.